The van der Waals surface area contributed by atoms with Crippen molar-refractivity contribution < 1.29 is 9.53 Å². The lowest BCUT2D eigenvalue weighted by Crippen LogP contribution is -2.39. The van der Waals surface area contributed by atoms with E-state index in [1.54, 1.807) is 12.1 Å². The average molecular weight is 387 g/mol. The van der Waals surface area contributed by atoms with Gasteiger partial charge in [-0.1, -0.05) is 48.5 Å². The van der Waals surface area contributed by atoms with Gasteiger partial charge in [-0.15, -0.1) is 0 Å². The summed E-state index contributed by atoms with van der Waals surface area (Å²) in [5.74, 6) is -0.437. The van der Waals surface area contributed by atoms with Crippen LogP contribution < -0.4 is 5.73 Å². The van der Waals surface area contributed by atoms with Crippen molar-refractivity contribution in [3.63, 3.8) is 0 Å². The molecule has 0 bridgehead atoms. The third-order valence-electron chi connectivity index (χ3n) is 5.25. The predicted molar refractivity (Wildman–Crippen MR) is 113 cm³/mol. The molecular formula is C24H25N3O2. The fourth-order valence-electron chi connectivity index (χ4n) is 3.64. The number of pyridine rings is 1. The molecule has 4 rings (SSSR count). The van der Waals surface area contributed by atoms with Gasteiger partial charge in [0.25, 0.3) is 0 Å². The normalized spacial score (nSPS) is 17.2. The molecule has 2 aromatic carbocycles. The Morgan fingerprint density at radius 1 is 1.07 bits per heavy atom. The molecule has 2 heterocycles. The minimum Gasteiger partial charge on any atom is -0.369 e. The van der Waals surface area contributed by atoms with Gasteiger partial charge in [-0.25, -0.2) is 0 Å². The maximum absolute atomic E-state index is 11.5. The van der Waals surface area contributed by atoms with Gasteiger partial charge in [-0.2, -0.15) is 0 Å². The maximum Gasteiger partial charge on any atom is 0.248 e. The summed E-state index contributed by atoms with van der Waals surface area (Å²) in [6.07, 6.45) is 0.972. The highest BCUT2D eigenvalue weighted by molar-refractivity contribution is 5.93. The zero-order valence-corrected chi connectivity index (χ0v) is 16.3. The van der Waals surface area contributed by atoms with Crippen LogP contribution in [0, 0.1) is 0 Å². The van der Waals surface area contributed by atoms with Gasteiger partial charge in [0.15, 0.2) is 0 Å². The fourth-order valence-corrected chi connectivity index (χ4v) is 3.64. The first-order valence-corrected chi connectivity index (χ1v) is 9.94. The van der Waals surface area contributed by atoms with Gasteiger partial charge < -0.3 is 10.5 Å². The summed E-state index contributed by atoms with van der Waals surface area (Å²) in [5.41, 5.74) is 9.85. The number of carbonyl (C=O) groups is 1. The van der Waals surface area contributed by atoms with Crippen LogP contribution in [0.2, 0.25) is 0 Å². The van der Waals surface area contributed by atoms with Gasteiger partial charge in [0.05, 0.1) is 18.0 Å². The zero-order valence-electron chi connectivity index (χ0n) is 16.3. The lowest BCUT2D eigenvalue weighted by atomic mass is 10.1. The summed E-state index contributed by atoms with van der Waals surface area (Å²) in [6.45, 7) is 3.46. The number of primary amides is 1. The van der Waals surface area contributed by atoms with Gasteiger partial charge >= 0.3 is 0 Å². The summed E-state index contributed by atoms with van der Waals surface area (Å²) in [5, 5.41) is 0. The molecule has 5 nitrogen and oxygen atoms in total. The SMILES string of the molecule is NC(=O)c1cccc(-c2cccc([C@@H]3CN(CCc4ccccc4)CCO3)n2)c1. The van der Waals surface area contributed by atoms with Crippen LogP contribution in [0.3, 0.4) is 0 Å². The minimum absolute atomic E-state index is 0.0567. The monoisotopic (exact) mass is 387 g/mol. The van der Waals surface area contributed by atoms with Crippen LogP contribution in [0.25, 0.3) is 11.3 Å². The first-order valence-electron chi connectivity index (χ1n) is 9.94. The molecule has 29 heavy (non-hydrogen) atoms. The second-order valence-corrected chi connectivity index (χ2v) is 7.29. The van der Waals surface area contributed by atoms with Gasteiger partial charge in [0.1, 0.15) is 6.10 Å². The molecule has 1 saturated heterocycles. The number of nitrogens with zero attached hydrogens (tertiary/aromatic N) is 2. The number of aromatic nitrogens is 1. The van der Waals surface area contributed by atoms with Crippen molar-refractivity contribution in [3.8, 4) is 11.3 Å². The summed E-state index contributed by atoms with van der Waals surface area (Å²) in [4.78, 5) is 18.7. The largest absolute Gasteiger partial charge is 0.369 e. The van der Waals surface area contributed by atoms with Crippen molar-refractivity contribution >= 4 is 5.91 Å². The van der Waals surface area contributed by atoms with Crippen LogP contribution in [-0.2, 0) is 11.2 Å². The molecule has 5 heteroatoms. The van der Waals surface area contributed by atoms with E-state index in [0.717, 1.165) is 43.0 Å². The molecule has 0 saturated carbocycles. The maximum atomic E-state index is 11.5. The molecule has 1 amide bonds. The number of carbonyl (C=O) groups excluding carboxylic acids is 1. The zero-order chi connectivity index (χ0) is 20.1. The number of amides is 1. The quantitative estimate of drug-likeness (QED) is 0.703. The first-order chi connectivity index (χ1) is 14.2. The molecule has 1 aliphatic rings. The minimum atomic E-state index is -0.437. The number of ether oxygens (including phenoxy) is 1. The van der Waals surface area contributed by atoms with Gasteiger partial charge in [-0.05, 0) is 36.2 Å². The molecular weight excluding hydrogens is 362 g/mol. The molecule has 1 atom stereocenters. The lowest BCUT2D eigenvalue weighted by molar-refractivity contribution is -0.0316. The van der Waals surface area contributed by atoms with Gasteiger partial charge in [0, 0.05) is 30.8 Å². The average Bonchev–Trinajstić information content (AvgIpc) is 2.79. The van der Waals surface area contributed by atoms with E-state index in [1.165, 1.54) is 5.56 Å². The molecule has 0 aliphatic carbocycles. The number of nitrogens with two attached hydrogens (primary N) is 1. The standard InChI is InChI=1S/C24H25N3O2/c25-24(28)20-9-4-8-19(16-20)21-10-5-11-22(26-21)23-17-27(14-15-29-23)13-12-18-6-2-1-3-7-18/h1-11,16,23H,12-15,17H2,(H2,25,28)/t23-/m0/s1. The van der Waals surface area contributed by atoms with E-state index in [2.05, 4.69) is 29.2 Å². The molecule has 1 aromatic heterocycles. The number of hydrogen-bond acceptors (Lipinski definition) is 4. The Morgan fingerprint density at radius 2 is 1.90 bits per heavy atom. The topological polar surface area (TPSA) is 68.5 Å². The highest BCUT2D eigenvalue weighted by Gasteiger charge is 2.23. The van der Waals surface area contributed by atoms with Gasteiger partial charge in [-0.3, -0.25) is 14.7 Å². The highest BCUT2D eigenvalue weighted by Crippen LogP contribution is 2.25. The van der Waals surface area contributed by atoms with Crippen molar-refractivity contribution in [1.82, 2.24) is 9.88 Å². The molecule has 3 aromatic rings. The van der Waals surface area contributed by atoms with Crippen molar-refractivity contribution in [3.05, 3.63) is 89.6 Å². The van der Waals surface area contributed by atoms with E-state index in [-0.39, 0.29) is 6.10 Å². The number of hydrogen-bond donors (Lipinski definition) is 1. The summed E-state index contributed by atoms with van der Waals surface area (Å²) in [7, 11) is 0. The van der Waals surface area contributed by atoms with E-state index >= 15 is 0 Å². The summed E-state index contributed by atoms with van der Waals surface area (Å²) in [6, 6.07) is 23.7. The number of benzene rings is 2. The molecule has 1 aliphatic heterocycles. The number of morpholine rings is 1. The second kappa shape index (κ2) is 8.99. The summed E-state index contributed by atoms with van der Waals surface area (Å²) >= 11 is 0. The van der Waals surface area contributed by atoms with Crippen molar-refractivity contribution in [2.45, 2.75) is 12.5 Å². The van der Waals surface area contributed by atoms with Gasteiger partial charge in [0.2, 0.25) is 5.91 Å². The Morgan fingerprint density at radius 3 is 2.72 bits per heavy atom. The van der Waals surface area contributed by atoms with Crippen LogP contribution in [0.4, 0.5) is 0 Å². The van der Waals surface area contributed by atoms with Crippen molar-refractivity contribution in [2.75, 3.05) is 26.2 Å². The predicted octanol–water partition coefficient (Wildman–Crippen LogP) is 3.46. The van der Waals surface area contributed by atoms with Crippen LogP contribution in [0.15, 0.2) is 72.8 Å². The fraction of sp³-hybridized carbons (Fsp3) is 0.250. The van der Waals surface area contributed by atoms with E-state index in [4.69, 9.17) is 15.5 Å². The molecule has 1 fully saturated rings. The van der Waals surface area contributed by atoms with E-state index < -0.39 is 5.91 Å². The smallest absolute Gasteiger partial charge is 0.248 e. The molecule has 0 spiro atoms. The van der Waals surface area contributed by atoms with Crippen LogP contribution in [0.5, 0.6) is 0 Å². The summed E-state index contributed by atoms with van der Waals surface area (Å²) < 4.78 is 6.02. The second-order valence-electron chi connectivity index (χ2n) is 7.29. The Labute approximate surface area is 171 Å². The molecule has 0 unspecified atom stereocenters. The third kappa shape index (κ3) is 4.88. The Balaban J connectivity index is 1.46. The Kier molecular flexibility index (Phi) is 5.98. The lowest BCUT2D eigenvalue weighted by Gasteiger charge is -2.32. The van der Waals surface area contributed by atoms with Crippen LogP contribution in [0.1, 0.15) is 27.7 Å². The van der Waals surface area contributed by atoms with Crippen molar-refractivity contribution in [1.29, 1.82) is 0 Å². The Bertz CT molecular complexity index is 975. The van der Waals surface area contributed by atoms with Crippen LogP contribution >= 0.6 is 0 Å². The van der Waals surface area contributed by atoms with Crippen molar-refractivity contribution in [2.24, 2.45) is 5.73 Å². The van der Waals surface area contributed by atoms with E-state index in [1.807, 2.05) is 36.4 Å². The van der Waals surface area contributed by atoms with E-state index in [9.17, 15) is 4.79 Å². The third-order valence-corrected chi connectivity index (χ3v) is 5.25. The molecule has 2 N–H and O–H groups in total. The Hall–Kier alpha value is -3.02. The first kappa shape index (κ1) is 19.3. The van der Waals surface area contributed by atoms with E-state index in [0.29, 0.717) is 12.2 Å². The highest BCUT2D eigenvalue weighted by atomic mass is 16.5. The molecule has 0 radical (unpaired) electrons. The van der Waals surface area contributed by atoms with Crippen LogP contribution in [-0.4, -0.2) is 42.0 Å². The number of rotatable bonds is 6. The molecule has 148 valence electrons.